The molecule has 410 valence electrons. The number of benzene rings is 1. The average molecular weight is 1100 g/mol. The fourth-order valence-corrected chi connectivity index (χ4v) is 12.2. The van der Waals surface area contributed by atoms with Gasteiger partial charge < -0.3 is 82.8 Å². The third-order valence-corrected chi connectivity index (χ3v) is 17.4. The Morgan fingerprint density at radius 1 is 0.932 bits per heavy atom. The van der Waals surface area contributed by atoms with Crippen molar-refractivity contribution in [2.24, 2.45) is 17.6 Å². The van der Waals surface area contributed by atoms with Crippen molar-refractivity contribution in [1.29, 1.82) is 0 Å². The number of primary amides is 1. The van der Waals surface area contributed by atoms with E-state index in [-0.39, 0.29) is 15.8 Å². The Labute approximate surface area is 438 Å². The number of nitrogens with zero attached hydrogens (tertiary/aromatic N) is 1. The molecule has 0 saturated carbocycles. The van der Waals surface area contributed by atoms with Gasteiger partial charge in [-0.25, -0.2) is 0 Å². The van der Waals surface area contributed by atoms with Crippen LogP contribution in [0.15, 0.2) is 23.2 Å². The number of fused-ring (bicyclic) bond motifs is 5. The third kappa shape index (κ3) is 16.1. The first kappa shape index (κ1) is 59.5. The van der Waals surface area contributed by atoms with Crippen LogP contribution < -0.4 is 53.0 Å². The largest absolute Gasteiger partial charge is 0.610 e. The molecular formula is C46H69N11O14S3. The number of carbonyl (C=O) groups excluding carboxylic acids is 9. The van der Waals surface area contributed by atoms with Gasteiger partial charge in [-0.1, -0.05) is 55.7 Å². The number of aliphatic hydroxyl groups is 3. The number of carbonyl (C=O) groups is 9. The summed E-state index contributed by atoms with van der Waals surface area (Å²) in [6.45, 7) is 5.11. The molecule has 3 aliphatic rings. The summed E-state index contributed by atoms with van der Waals surface area (Å²) < 4.78 is 21.1. The van der Waals surface area contributed by atoms with Crippen LogP contribution >= 0.6 is 21.6 Å². The molecule has 9 amide bonds. The number of ether oxygens (including phenoxy) is 1. The molecule has 1 aromatic carbocycles. The number of rotatable bonds is 16. The Morgan fingerprint density at radius 3 is 2.31 bits per heavy atom. The number of aromatic nitrogens is 1. The molecule has 4 heterocycles. The van der Waals surface area contributed by atoms with Gasteiger partial charge in [0.15, 0.2) is 6.04 Å². The molecule has 0 spiro atoms. The number of H-pyrrole nitrogens is 1. The van der Waals surface area contributed by atoms with Crippen molar-refractivity contribution in [1.82, 2.24) is 52.4 Å². The number of aliphatic hydroxyl groups excluding tert-OH is 3. The highest BCUT2D eigenvalue weighted by Gasteiger charge is 2.45. The number of aromatic amines is 1. The molecule has 1 saturated heterocycles. The predicted molar refractivity (Wildman–Crippen MR) is 274 cm³/mol. The van der Waals surface area contributed by atoms with E-state index in [1.807, 2.05) is 7.05 Å². The van der Waals surface area contributed by atoms with E-state index in [0.29, 0.717) is 36.1 Å². The van der Waals surface area contributed by atoms with Crippen LogP contribution in [0.2, 0.25) is 0 Å². The van der Waals surface area contributed by atoms with Gasteiger partial charge in [-0.2, -0.15) is 0 Å². The lowest BCUT2D eigenvalue weighted by atomic mass is 9.93. The fraction of sp³-hybridized carbons (Fsp3) is 0.630. The second-order valence-electron chi connectivity index (χ2n) is 18.6. The van der Waals surface area contributed by atoms with E-state index >= 15 is 0 Å². The highest BCUT2D eigenvalue weighted by atomic mass is 33.1. The van der Waals surface area contributed by atoms with E-state index in [4.69, 9.17) is 10.5 Å². The molecule has 1 fully saturated rings. The van der Waals surface area contributed by atoms with Gasteiger partial charge in [-0.15, -0.1) is 0 Å². The van der Waals surface area contributed by atoms with E-state index in [0.717, 1.165) is 17.2 Å². The van der Waals surface area contributed by atoms with Crippen LogP contribution in [0.4, 0.5) is 0 Å². The van der Waals surface area contributed by atoms with Crippen LogP contribution in [0.3, 0.4) is 0 Å². The van der Waals surface area contributed by atoms with E-state index in [1.165, 1.54) is 6.92 Å². The van der Waals surface area contributed by atoms with Crippen LogP contribution in [0, 0.1) is 11.8 Å². The highest BCUT2D eigenvalue weighted by Crippen LogP contribution is 2.33. The van der Waals surface area contributed by atoms with E-state index < -0.39 is 176 Å². The molecule has 74 heavy (non-hydrogen) atoms. The maximum absolute atomic E-state index is 15.0. The van der Waals surface area contributed by atoms with Gasteiger partial charge in [-0.3, -0.25) is 43.2 Å². The van der Waals surface area contributed by atoms with Gasteiger partial charge in [0.2, 0.25) is 58.2 Å². The zero-order chi connectivity index (χ0) is 54.4. The van der Waals surface area contributed by atoms with Crippen molar-refractivity contribution in [3.8, 4) is 5.75 Å². The lowest BCUT2D eigenvalue weighted by Crippen LogP contribution is -2.62. The van der Waals surface area contributed by atoms with Crippen LogP contribution in [0.5, 0.6) is 5.75 Å². The minimum absolute atomic E-state index is 0.0999. The van der Waals surface area contributed by atoms with Crippen molar-refractivity contribution < 1.29 is 67.8 Å². The summed E-state index contributed by atoms with van der Waals surface area (Å²) in [5.74, 6) is -10.3. The molecule has 2 unspecified atom stereocenters. The summed E-state index contributed by atoms with van der Waals surface area (Å²) in [6.07, 6.45) is -3.68. The topological polar surface area (TPSA) is 388 Å². The molecule has 0 aliphatic carbocycles. The standard InChI is InChI=1S/C46H69N11O14S3/c1-6-22(2)38-43(67)50-17-36(62)51-32-21-74(70)45-28(27-8-7-26(14-29(27)54-45)71-11-9-23(3)73-72-12-10-48-5)15-30(40(64)49-18-37(63)55-38)52-44(68)39(24(4)34(60)20-58)56-42(66)33-13-25(59)19-57(33)46(69)31(16-35(47)61)53-41(32)65/h7-8,14,22-25,30-34,38-39,48,54,58-60H,6,9-13,15-21H2,1-5H3,(H2,47,61)(H,49,64)(H,50,67)(H,51,62)(H,52,68)(H,53,65)(H,55,63)(H,56,66)/t22-,23?,24-,25+,30-,31-,32?,33-,34-,38-,39-,74+/m0/s1. The molecule has 14 N–H and O–H groups in total. The van der Waals surface area contributed by atoms with Crippen molar-refractivity contribution in [2.75, 3.05) is 57.9 Å². The number of hydrogen-bond donors (Lipinski definition) is 13. The van der Waals surface area contributed by atoms with Crippen LogP contribution in [-0.4, -0.2) is 195 Å². The van der Waals surface area contributed by atoms with Gasteiger partial charge in [0, 0.05) is 71.0 Å². The van der Waals surface area contributed by atoms with Gasteiger partial charge in [-0.05, 0) is 31.5 Å². The molecule has 28 heteroatoms. The van der Waals surface area contributed by atoms with Crippen molar-refractivity contribution in [3.05, 3.63) is 23.8 Å². The summed E-state index contributed by atoms with van der Waals surface area (Å²) in [5, 5.41) is 52.7. The smallest absolute Gasteiger partial charge is 0.248 e. The van der Waals surface area contributed by atoms with Crippen LogP contribution in [-0.2, 0) is 60.7 Å². The Hall–Kier alpha value is -5.36. The summed E-state index contributed by atoms with van der Waals surface area (Å²) >= 11 is -2.37. The van der Waals surface area contributed by atoms with E-state index in [2.05, 4.69) is 54.4 Å². The van der Waals surface area contributed by atoms with Crippen molar-refractivity contribution in [2.45, 2.75) is 119 Å². The number of hydrogen-bond acceptors (Lipinski definition) is 17. The van der Waals surface area contributed by atoms with Crippen LogP contribution in [0.1, 0.15) is 58.9 Å². The zero-order valence-electron chi connectivity index (χ0n) is 41.9. The summed E-state index contributed by atoms with van der Waals surface area (Å²) in [7, 11) is 5.34. The molecular weight excluding hydrogens is 1030 g/mol. The lowest BCUT2D eigenvalue weighted by molar-refractivity contribution is -0.144. The minimum atomic E-state index is -2.37. The summed E-state index contributed by atoms with van der Waals surface area (Å²) in [4.78, 5) is 129. The van der Waals surface area contributed by atoms with Crippen molar-refractivity contribution >= 4 is 96.8 Å². The second-order valence-corrected chi connectivity index (χ2v) is 23.0. The molecule has 5 rings (SSSR count). The summed E-state index contributed by atoms with van der Waals surface area (Å²) in [5.41, 5.74) is 6.03. The Kier molecular flexibility index (Phi) is 22.5. The number of nitrogens with one attached hydrogen (secondary N) is 9. The molecule has 2 bridgehead atoms. The fourth-order valence-electron chi connectivity index (χ4n) is 8.48. The molecule has 2 aromatic rings. The zero-order valence-corrected chi connectivity index (χ0v) is 44.3. The number of amides is 9. The normalized spacial score (nSPS) is 26.7. The second kappa shape index (κ2) is 28.0. The van der Waals surface area contributed by atoms with Crippen LogP contribution in [0.25, 0.3) is 10.9 Å². The van der Waals surface area contributed by atoms with Gasteiger partial charge in [0.25, 0.3) is 0 Å². The minimum Gasteiger partial charge on any atom is -0.610 e. The maximum Gasteiger partial charge on any atom is 0.248 e. The predicted octanol–water partition coefficient (Wildman–Crippen LogP) is -3.87. The molecule has 1 aromatic heterocycles. The Balaban J connectivity index is 1.69. The highest BCUT2D eigenvalue weighted by molar-refractivity contribution is 8.76. The van der Waals surface area contributed by atoms with Gasteiger partial charge in [0.05, 0.1) is 50.4 Å². The Morgan fingerprint density at radius 2 is 1.64 bits per heavy atom. The first-order valence-corrected chi connectivity index (χ1v) is 28.1. The van der Waals surface area contributed by atoms with E-state index in [9.17, 15) is 63.0 Å². The molecule has 12 atom stereocenters. The maximum atomic E-state index is 15.0. The first-order chi connectivity index (χ1) is 35.1. The van der Waals surface area contributed by atoms with Crippen molar-refractivity contribution in [3.63, 3.8) is 0 Å². The molecule has 0 radical (unpaired) electrons. The quantitative estimate of drug-likeness (QED) is 0.0435. The molecule has 3 aliphatic heterocycles. The lowest BCUT2D eigenvalue weighted by Gasteiger charge is -2.32. The molecule has 25 nitrogen and oxygen atoms in total. The van der Waals surface area contributed by atoms with E-state index in [1.54, 1.807) is 53.6 Å². The third-order valence-electron chi connectivity index (χ3n) is 13.0. The number of nitrogens with two attached hydrogens (primary N) is 1. The SMILES string of the molecule is CC[C@H](C)[C@@H]1NC(=O)CNC(=O)[C@@H]2Cc3c([nH]c4cc(OCCC(C)SSCCNC)ccc34)[S@+]([O-])CC(NC(=O)CNC1=O)C(=O)N[C@@H](CC(N)=O)C(=O)N1C[C@H](O)C[C@H]1C(=O)N[C@@H]([C@@H](C)[C@@H](O)CO)C(=O)N2. The van der Waals surface area contributed by atoms with Gasteiger partial charge >= 0.3 is 0 Å². The Bertz CT molecular complexity index is 2360. The van der Waals surface area contributed by atoms with Gasteiger partial charge in [0.1, 0.15) is 41.7 Å². The summed E-state index contributed by atoms with van der Waals surface area (Å²) in [6, 6.07) is -5.02. The first-order valence-electron chi connectivity index (χ1n) is 24.4. The average Bonchev–Trinajstić information content (AvgIpc) is 3.94. The monoisotopic (exact) mass is 1100 g/mol.